The van der Waals surface area contributed by atoms with Crippen molar-refractivity contribution in [2.75, 3.05) is 37.7 Å². The molecule has 0 aromatic carbocycles. The molecular weight excluding hydrogens is 344 g/mol. The maximum Gasteiger partial charge on any atom is 0.222 e. The SMILES string of the molecule is CCNC(=NCC1(C)CCCO1)NCCC(=O)NC1CCS(=O)(=O)C1. The van der Waals surface area contributed by atoms with Gasteiger partial charge in [-0.15, -0.1) is 0 Å². The molecule has 2 aliphatic heterocycles. The minimum absolute atomic E-state index is 0.0504. The zero-order chi connectivity index (χ0) is 18.3. The highest BCUT2D eigenvalue weighted by molar-refractivity contribution is 7.91. The van der Waals surface area contributed by atoms with Crippen molar-refractivity contribution in [3.05, 3.63) is 0 Å². The van der Waals surface area contributed by atoms with E-state index in [9.17, 15) is 13.2 Å². The zero-order valence-corrected chi connectivity index (χ0v) is 16.0. The summed E-state index contributed by atoms with van der Waals surface area (Å²) in [5.74, 6) is 0.732. The van der Waals surface area contributed by atoms with Crippen molar-refractivity contribution in [2.45, 2.75) is 51.2 Å². The molecule has 0 aromatic heterocycles. The van der Waals surface area contributed by atoms with Gasteiger partial charge in [0.1, 0.15) is 0 Å². The van der Waals surface area contributed by atoms with E-state index in [4.69, 9.17) is 4.74 Å². The van der Waals surface area contributed by atoms with Gasteiger partial charge in [-0.3, -0.25) is 9.79 Å². The number of ether oxygens (including phenoxy) is 1. The van der Waals surface area contributed by atoms with E-state index in [-0.39, 0.29) is 35.5 Å². The van der Waals surface area contributed by atoms with Crippen molar-refractivity contribution >= 4 is 21.7 Å². The van der Waals surface area contributed by atoms with E-state index in [2.05, 4.69) is 27.9 Å². The van der Waals surface area contributed by atoms with Crippen LogP contribution in [0.4, 0.5) is 0 Å². The first-order valence-corrected chi connectivity index (χ1v) is 10.8. The van der Waals surface area contributed by atoms with E-state index >= 15 is 0 Å². The number of nitrogens with zero attached hydrogens (tertiary/aromatic N) is 1. The molecule has 25 heavy (non-hydrogen) atoms. The Hall–Kier alpha value is -1.35. The minimum Gasteiger partial charge on any atom is -0.373 e. The molecule has 0 aliphatic carbocycles. The number of hydrogen-bond donors (Lipinski definition) is 3. The van der Waals surface area contributed by atoms with Crippen molar-refractivity contribution in [3.8, 4) is 0 Å². The van der Waals surface area contributed by atoms with E-state index < -0.39 is 9.84 Å². The highest BCUT2D eigenvalue weighted by Gasteiger charge is 2.30. The summed E-state index contributed by atoms with van der Waals surface area (Å²) in [6.07, 6.45) is 2.84. The monoisotopic (exact) mass is 374 g/mol. The van der Waals surface area contributed by atoms with Crippen LogP contribution in [0.25, 0.3) is 0 Å². The van der Waals surface area contributed by atoms with Gasteiger partial charge in [0.05, 0.1) is 23.7 Å². The third-order valence-corrected chi connectivity index (χ3v) is 6.23. The van der Waals surface area contributed by atoms with Crippen molar-refractivity contribution in [2.24, 2.45) is 4.99 Å². The largest absolute Gasteiger partial charge is 0.373 e. The topological polar surface area (TPSA) is 109 Å². The van der Waals surface area contributed by atoms with Crippen LogP contribution < -0.4 is 16.0 Å². The molecule has 2 heterocycles. The molecule has 2 saturated heterocycles. The first-order valence-electron chi connectivity index (χ1n) is 8.98. The number of sulfone groups is 1. The summed E-state index contributed by atoms with van der Waals surface area (Å²) in [6, 6.07) is -0.251. The molecule has 2 fully saturated rings. The Kier molecular flexibility index (Phi) is 7.06. The van der Waals surface area contributed by atoms with Gasteiger partial charge < -0.3 is 20.7 Å². The molecule has 0 spiro atoms. The fraction of sp³-hybridized carbons (Fsp3) is 0.875. The Bertz CT molecular complexity index is 585. The molecule has 144 valence electrons. The van der Waals surface area contributed by atoms with Gasteiger partial charge in [-0.25, -0.2) is 8.42 Å². The molecule has 8 nitrogen and oxygen atoms in total. The summed E-state index contributed by atoms with van der Waals surface area (Å²) < 4.78 is 28.5. The van der Waals surface area contributed by atoms with Crippen molar-refractivity contribution in [3.63, 3.8) is 0 Å². The predicted octanol–water partition coefficient (Wildman–Crippen LogP) is -0.196. The van der Waals surface area contributed by atoms with Crippen LogP contribution in [0.3, 0.4) is 0 Å². The lowest BCUT2D eigenvalue weighted by Crippen LogP contribution is -2.42. The van der Waals surface area contributed by atoms with Gasteiger partial charge in [0.2, 0.25) is 5.91 Å². The predicted molar refractivity (Wildman–Crippen MR) is 97.4 cm³/mol. The van der Waals surface area contributed by atoms with E-state index in [1.54, 1.807) is 0 Å². The highest BCUT2D eigenvalue weighted by atomic mass is 32.2. The first kappa shape index (κ1) is 20.0. The summed E-state index contributed by atoms with van der Waals surface area (Å²) in [7, 11) is -2.98. The molecule has 0 aromatic rings. The Labute approximate surface area is 150 Å². The van der Waals surface area contributed by atoms with Gasteiger partial charge in [0.15, 0.2) is 15.8 Å². The Balaban J connectivity index is 1.72. The van der Waals surface area contributed by atoms with Crippen LogP contribution in [0, 0.1) is 0 Å². The lowest BCUT2D eigenvalue weighted by molar-refractivity contribution is -0.121. The number of guanidine groups is 1. The number of amides is 1. The second-order valence-electron chi connectivity index (χ2n) is 6.94. The van der Waals surface area contributed by atoms with Crippen LogP contribution in [0.2, 0.25) is 0 Å². The summed E-state index contributed by atoms with van der Waals surface area (Å²) in [4.78, 5) is 16.5. The maximum atomic E-state index is 11.9. The molecular formula is C16H30N4O4S. The number of nitrogens with one attached hydrogen (secondary N) is 3. The first-order chi connectivity index (χ1) is 11.8. The highest BCUT2D eigenvalue weighted by Crippen LogP contribution is 2.24. The normalized spacial score (nSPS) is 28.7. The van der Waals surface area contributed by atoms with Gasteiger partial charge >= 0.3 is 0 Å². The number of hydrogen-bond acceptors (Lipinski definition) is 5. The van der Waals surface area contributed by atoms with E-state index in [0.717, 1.165) is 26.0 Å². The Morgan fingerprint density at radius 2 is 2.16 bits per heavy atom. The zero-order valence-electron chi connectivity index (χ0n) is 15.1. The smallest absolute Gasteiger partial charge is 0.222 e. The van der Waals surface area contributed by atoms with Gasteiger partial charge in [0, 0.05) is 32.2 Å². The summed E-state index contributed by atoms with van der Waals surface area (Å²) in [5.41, 5.74) is -0.201. The average Bonchev–Trinajstić information content (AvgIpc) is 3.11. The molecule has 3 N–H and O–H groups in total. The summed E-state index contributed by atoms with van der Waals surface area (Å²) in [6.45, 7) is 6.58. The fourth-order valence-corrected chi connectivity index (χ4v) is 4.73. The number of carbonyl (C=O) groups excluding carboxylic acids is 1. The summed E-state index contributed by atoms with van der Waals surface area (Å²) in [5, 5.41) is 9.08. The molecule has 0 saturated carbocycles. The minimum atomic E-state index is -2.98. The van der Waals surface area contributed by atoms with Crippen LogP contribution in [0.1, 0.15) is 39.5 Å². The second kappa shape index (κ2) is 8.84. The molecule has 2 aliphatic rings. The van der Waals surface area contributed by atoms with Gasteiger partial charge in [0.25, 0.3) is 0 Å². The standard InChI is InChI=1S/C16H30N4O4S/c1-3-17-15(19-12-16(2)7-4-9-24-16)18-8-5-14(21)20-13-6-10-25(22,23)11-13/h13H,3-12H2,1-2H3,(H,20,21)(H2,17,18,19). The molecule has 2 rings (SSSR count). The molecule has 0 bridgehead atoms. The third-order valence-electron chi connectivity index (χ3n) is 4.46. The molecule has 2 atom stereocenters. The van der Waals surface area contributed by atoms with Gasteiger partial charge in [-0.1, -0.05) is 0 Å². The molecule has 0 radical (unpaired) electrons. The van der Waals surface area contributed by atoms with Crippen LogP contribution in [-0.4, -0.2) is 69.7 Å². The number of aliphatic imine (C=N–C) groups is 1. The van der Waals surface area contributed by atoms with Gasteiger partial charge in [-0.2, -0.15) is 0 Å². The van der Waals surface area contributed by atoms with Crippen LogP contribution >= 0.6 is 0 Å². The number of rotatable bonds is 7. The Morgan fingerprint density at radius 1 is 1.36 bits per heavy atom. The van der Waals surface area contributed by atoms with E-state index in [1.807, 2.05) is 6.92 Å². The van der Waals surface area contributed by atoms with Gasteiger partial charge in [-0.05, 0) is 33.1 Å². The molecule has 9 heteroatoms. The van der Waals surface area contributed by atoms with Crippen LogP contribution in [0.5, 0.6) is 0 Å². The quantitative estimate of drug-likeness (QED) is 0.421. The summed E-state index contributed by atoms with van der Waals surface area (Å²) >= 11 is 0. The second-order valence-corrected chi connectivity index (χ2v) is 9.17. The average molecular weight is 375 g/mol. The number of carbonyl (C=O) groups is 1. The fourth-order valence-electron chi connectivity index (χ4n) is 3.05. The van der Waals surface area contributed by atoms with Crippen molar-refractivity contribution in [1.29, 1.82) is 0 Å². The lowest BCUT2D eigenvalue weighted by Gasteiger charge is -2.21. The van der Waals surface area contributed by atoms with E-state index in [1.165, 1.54) is 0 Å². The van der Waals surface area contributed by atoms with Crippen LogP contribution in [0.15, 0.2) is 4.99 Å². The lowest BCUT2D eigenvalue weighted by atomic mass is 10.0. The maximum absolute atomic E-state index is 11.9. The molecule has 1 amide bonds. The molecule has 2 unspecified atom stereocenters. The van der Waals surface area contributed by atoms with Crippen molar-refractivity contribution in [1.82, 2.24) is 16.0 Å². The third kappa shape index (κ3) is 6.81. The Morgan fingerprint density at radius 3 is 2.76 bits per heavy atom. The van der Waals surface area contributed by atoms with Crippen LogP contribution in [-0.2, 0) is 19.4 Å². The van der Waals surface area contributed by atoms with E-state index in [0.29, 0.717) is 25.5 Å². The van der Waals surface area contributed by atoms with Crippen molar-refractivity contribution < 1.29 is 17.9 Å².